The number of aromatic nitrogens is 2. The first-order valence-corrected chi connectivity index (χ1v) is 8.26. The topological polar surface area (TPSA) is 60.1 Å². The first kappa shape index (κ1) is 14.2. The minimum Gasteiger partial charge on any atom is -0.347 e. The largest absolute Gasteiger partial charge is 0.347 e. The van der Waals surface area contributed by atoms with Crippen molar-refractivity contribution < 1.29 is 9.47 Å². The monoisotopic (exact) mass is 301 g/mol. The average Bonchev–Trinajstić information content (AvgIpc) is 3.09. The van der Waals surface area contributed by atoms with E-state index in [0.717, 1.165) is 37.1 Å². The number of nitrogens with zero attached hydrogens (tertiary/aromatic N) is 3. The Hall–Kier alpha value is -1.38. The molecule has 22 heavy (non-hydrogen) atoms. The average molecular weight is 301 g/mol. The van der Waals surface area contributed by atoms with Gasteiger partial charge in [-0.15, -0.1) is 0 Å². The molecular weight excluding hydrogens is 278 g/mol. The Morgan fingerprint density at radius 3 is 2.73 bits per heavy atom. The predicted octanol–water partition coefficient (Wildman–Crippen LogP) is 2.28. The van der Waals surface area contributed by atoms with Crippen LogP contribution in [0.1, 0.15) is 50.1 Å². The summed E-state index contributed by atoms with van der Waals surface area (Å²) < 4.78 is 13.8. The van der Waals surface area contributed by atoms with E-state index in [1.165, 1.54) is 5.56 Å². The van der Waals surface area contributed by atoms with E-state index in [2.05, 4.69) is 19.9 Å². The van der Waals surface area contributed by atoms with E-state index >= 15 is 0 Å². The highest BCUT2D eigenvalue weighted by Crippen LogP contribution is 2.56. The molecule has 0 aromatic carbocycles. The third-order valence-corrected chi connectivity index (χ3v) is 6.38. The van der Waals surface area contributed by atoms with E-state index in [-0.39, 0.29) is 11.2 Å². The van der Waals surface area contributed by atoms with Crippen molar-refractivity contribution in [2.45, 2.75) is 50.7 Å². The molecule has 5 nitrogen and oxygen atoms in total. The summed E-state index contributed by atoms with van der Waals surface area (Å²) in [4.78, 5) is 0. The molecule has 0 unspecified atom stereocenters. The van der Waals surface area contributed by atoms with Gasteiger partial charge in [-0.05, 0) is 25.2 Å². The normalized spacial score (nSPS) is 35.9. The van der Waals surface area contributed by atoms with Crippen LogP contribution in [0.5, 0.6) is 0 Å². The van der Waals surface area contributed by atoms with Crippen LogP contribution < -0.4 is 0 Å². The van der Waals surface area contributed by atoms with Gasteiger partial charge in [0.15, 0.2) is 5.79 Å². The Morgan fingerprint density at radius 2 is 2.05 bits per heavy atom. The molecular formula is C17H23N3O2. The number of ether oxygens (including phenoxy) is 2. The highest BCUT2D eigenvalue weighted by molar-refractivity contribution is 5.42. The lowest BCUT2D eigenvalue weighted by molar-refractivity contribution is -0.234. The van der Waals surface area contributed by atoms with E-state index in [0.29, 0.717) is 25.0 Å². The molecule has 1 saturated carbocycles. The summed E-state index contributed by atoms with van der Waals surface area (Å²) in [6.07, 6.45) is 3.95. The van der Waals surface area contributed by atoms with E-state index < -0.39 is 0 Å². The molecule has 118 valence electrons. The van der Waals surface area contributed by atoms with Gasteiger partial charge in [-0.1, -0.05) is 13.8 Å². The van der Waals surface area contributed by atoms with E-state index in [1.54, 1.807) is 4.68 Å². The van der Waals surface area contributed by atoms with Crippen molar-refractivity contribution >= 4 is 0 Å². The summed E-state index contributed by atoms with van der Waals surface area (Å²) in [5.74, 6) is 0.469. The van der Waals surface area contributed by atoms with E-state index in [9.17, 15) is 5.26 Å². The third-order valence-electron chi connectivity index (χ3n) is 6.38. The fourth-order valence-electron chi connectivity index (χ4n) is 5.15. The van der Waals surface area contributed by atoms with Crippen LogP contribution in [0.15, 0.2) is 0 Å². The van der Waals surface area contributed by atoms with Gasteiger partial charge in [0, 0.05) is 30.4 Å². The van der Waals surface area contributed by atoms with Gasteiger partial charge in [-0.3, -0.25) is 4.68 Å². The molecule has 1 aromatic rings. The molecule has 0 bridgehead atoms. The maximum absolute atomic E-state index is 9.41. The Morgan fingerprint density at radius 1 is 1.32 bits per heavy atom. The van der Waals surface area contributed by atoms with Gasteiger partial charge in [-0.2, -0.15) is 10.4 Å². The van der Waals surface area contributed by atoms with Gasteiger partial charge in [-0.25, -0.2) is 0 Å². The summed E-state index contributed by atoms with van der Waals surface area (Å²) in [7, 11) is 1.88. The van der Waals surface area contributed by atoms with Crippen molar-refractivity contribution in [1.29, 1.82) is 5.26 Å². The number of fused-ring (bicyclic) bond motifs is 3. The Balaban J connectivity index is 1.77. The Bertz CT molecular complexity index is 654. The lowest BCUT2D eigenvalue weighted by Gasteiger charge is -2.53. The van der Waals surface area contributed by atoms with Crippen LogP contribution in [0.4, 0.5) is 0 Å². The van der Waals surface area contributed by atoms with Crippen molar-refractivity contribution in [3.05, 3.63) is 17.0 Å². The van der Waals surface area contributed by atoms with Gasteiger partial charge in [0.25, 0.3) is 0 Å². The summed E-state index contributed by atoms with van der Waals surface area (Å²) in [5.41, 5.74) is 3.07. The Kier molecular flexibility index (Phi) is 2.95. The van der Waals surface area contributed by atoms with Crippen LogP contribution in [-0.4, -0.2) is 28.8 Å². The first-order chi connectivity index (χ1) is 10.5. The van der Waals surface area contributed by atoms with Gasteiger partial charge in [0.1, 0.15) is 11.8 Å². The van der Waals surface area contributed by atoms with Crippen LogP contribution >= 0.6 is 0 Å². The fraction of sp³-hybridized carbons (Fsp3) is 0.765. The third kappa shape index (κ3) is 1.63. The highest BCUT2D eigenvalue weighted by atomic mass is 16.7. The van der Waals surface area contributed by atoms with Crippen LogP contribution in [0, 0.1) is 23.2 Å². The fourth-order valence-corrected chi connectivity index (χ4v) is 5.15. The van der Waals surface area contributed by atoms with Crippen LogP contribution in [0.3, 0.4) is 0 Å². The Labute approximate surface area is 131 Å². The second-order valence-corrected chi connectivity index (χ2v) is 7.27. The lowest BCUT2D eigenvalue weighted by atomic mass is 9.55. The summed E-state index contributed by atoms with van der Waals surface area (Å²) >= 11 is 0. The van der Waals surface area contributed by atoms with Crippen molar-refractivity contribution in [1.82, 2.24) is 9.78 Å². The number of nitriles is 1. The van der Waals surface area contributed by atoms with Crippen LogP contribution in [0.25, 0.3) is 0 Å². The molecule has 2 fully saturated rings. The van der Waals surface area contributed by atoms with Gasteiger partial charge in [0.2, 0.25) is 0 Å². The molecule has 1 saturated heterocycles. The second kappa shape index (κ2) is 4.56. The van der Waals surface area contributed by atoms with Crippen LogP contribution in [-0.2, 0) is 28.4 Å². The first-order valence-electron chi connectivity index (χ1n) is 8.26. The minimum atomic E-state index is -0.380. The van der Waals surface area contributed by atoms with Gasteiger partial charge < -0.3 is 9.47 Å². The lowest BCUT2D eigenvalue weighted by Crippen LogP contribution is -2.55. The highest BCUT2D eigenvalue weighted by Gasteiger charge is 2.58. The predicted molar refractivity (Wildman–Crippen MR) is 80.1 cm³/mol. The number of rotatable bonds is 0. The van der Waals surface area contributed by atoms with Gasteiger partial charge in [0.05, 0.1) is 18.9 Å². The number of hydrogen-bond acceptors (Lipinski definition) is 4. The molecule has 1 aliphatic heterocycles. The van der Waals surface area contributed by atoms with Crippen molar-refractivity contribution in [2.24, 2.45) is 18.9 Å². The molecule has 0 radical (unpaired) electrons. The standard InChI is InChI=1S/C17H23N3O2/c1-11-13-5-4-12-14(10-18)20(3)19-15(12)16(13,2)6-7-17(11)21-8-9-22-17/h11,13H,4-9H2,1-3H3/t11-,13-,16-/m0/s1. The zero-order chi connectivity index (χ0) is 15.5. The molecule has 2 heterocycles. The molecule has 1 spiro atoms. The summed E-state index contributed by atoms with van der Waals surface area (Å²) in [6, 6.07) is 2.33. The molecule has 4 rings (SSSR count). The molecule has 2 aliphatic carbocycles. The van der Waals surface area contributed by atoms with Crippen molar-refractivity contribution in [3.63, 3.8) is 0 Å². The maximum atomic E-state index is 9.41. The quantitative estimate of drug-likeness (QED) is 0.737. The number of aryl methyl sites for hydroxylation is 1. The summed E-state index contributed by atoms with van der Waals surface area (Å²) in [5, 5.41) is 14.2. The molecule has 5 heteroatoms. The van der Waals surface area contributed by atoms with Gasteiger partial charge >= 0.3 is 0 Å². The maximum Gasteiger partial charge on any atom is 0.171 e. The van der Waals surface area contributed by atoms with Crippen LogP contribution in [0.2, 0.25) is 0 Å². The molecule has 3 atom stereocenters. The smallest absolute Gasteiger partial charge is 0.171 e. The molecule has 0 N–H and O–H groups in total. The van der Waals surface area contributed by atoms with Crippen molar-refractivity contribution in [3.8, 4) is 6.07 Å². The summed E-state index contributed by atoms with van der Waals surface area (Å²) in [6.45, 7) is 6.01. The second-order valence-electron chi connectivity index (χ2n) is 7.27. The van der Waals surface area contributed by atoms with Crippen molar-refractivity contribution in [2.75, 3.05) is 13.2 Å². The molecule has 1 aromatic heterocycles. The molecule has 3 aliphatic rings. The zero-order valence-corrected chi connectivity index (χ0v) is 13.6. The zero-order valence-electron chi connectivity index (χ0n) is 13.6. The van der Waals surface area contributed by atoms with E-state index in [1.807, 2.05) is 7.05 Å². The SMILES string of the molecule is C[C@H]1[C@@H]2CCc3c(nn(C)c3C#N)[C@@]2(C)CCC12OCCO2. The minimum absolute atomic E-state index is 0.0282. The molecule has 0 amide bonds. The van der Waals surface area contributed by atoms with E-state index in [4.69, 9.17) is 14.6 Å². The number of hydrogen-bond donors (Lipinski definition) is 0.